The Morgan fingerprint density at radius 3 is 2.57 bits per heavy atom. The summed E-state index contributed by atoms with van der Waals surface area (Å²) < 4.78 is 26.6. The zero-order valence-corrected chi connectivity index (χ0v) is 13.1. The van der Waals surface area contributed by atoms with Gasteiger partial charge in [-0.05, 0) is 24.1 Å². The van der Waals surface area contributed by atoms with Crippen LogP contribution in [0.25, 0.3) is 0 Å². The van der Waals surface area contributed by atoms with Crippen molar-refractivity contribution in [3.8, 4) is 6.07 Å². The van der Waals surface area contributed by atoms with Gasteiger partial charge in [-0.25, -0.2) is 8.42 Å². The van der Waals surface area contributed by atoms with E-state index in [1.807, 2.05) is 6.07 Å². The highest BCUT2D eigenvalue weighted by molar-refractivity contribution is 7.89. The first-order valence-electron chi connectivity index (χ1n) is 6.17. The minimum atomic E-state index is -4.03. The summed E-state index contributed by atoms with van der Waals surface area (Å²) in [6, 6.07) is 4.20. The van der Waals surface area contributed by atoms with Crippen LogP contribution in [0.4, 0.5) is 0 Å². The number of nitriles is 1. The van der Waals surface area contributed by atoms with E-state index in [2.05, 4.69) is 4.72 Å². The molecule has 1 aromatic rings. The molecular weight excluding hydrogens is 316 g/mol. The van der Waals surface area contributed by atoms with Crippen molar-refractivity contribution in [1.29, 1.82) is 5.26 Å². The van der Waals surface area contributed by atoms with Gasteiger partial charge in [-0.1, -0.05) is 31.9 Å². The molecule has 0 saturated carbocycles. The molecule has 0 fully saturated rings. The quantitative estimate of drug-likeness (QED) is 0.829. The van der Waals surface area contributed by atoms with Crippen molar-refractivity contribution >= 4 is 27.6 Å². The molecule has 0 aliphatic rings. The third-order valence-electron chi connectivity index (χ3n) is 3.13. The van der Waals surface area contributed by atoms with Gasteiger partial charge in [0.2, 0.25) is 10.0 Å². The fourth-order valence-corrected chi connectivity index (χ4v) is 3.25. The summed E-state index contributed by atoms with van der Waals surface area (Å²) >= 11 is 5.79. The predicted octanol–water partition coefficient (Wildman–Crippen LogP) is 1.99. The van der Waals surface area contributed by atoms with Crippen LogP contribution in [0.1, 0.15) is 25.8 Å². The minimum Gasteiger partial charge on any atom is -0.480 e. The first kappa shape index (κ1) is 17.4. The van der Waals surface area contributed by atoms with Gasteiger partial charge in [-0.3, -0.25) is 4.79 Å². The molecule has 1 aromatic carbocycles. The molecular formula is C13H15ClN2O4S. The van der Waals surface area contributed by atoms with Gasteiger partial charge >= 0.3 is 5.97 Å². The predicted molar refractivity (Wildman–Crippen MR) is 77.4 cm³/mol. The highest BCUT2D eigenvalue weighted by atomic mass is 35.5. The molecule has 2 N–H and O–H groups in total. The smallest absolute Gasteiger partial charge is 0.322 e. The molecule has 0 heterocycles. The number of hydrogen-bond donors (Lipinski definition) is 2. The summed E-state index contributed by atoms with van der Waals surface area (Å²) in [4.78, 5) is 11.0. The molecule has 0 aliphatic carbocycles. The number of hydrogen-bond acceptors (Lipinski definition) is 4. The SMILES string of the molecule is CC[C@H](C)[C@H](NS(=O)(=O)c1ccc(C#N)c(Cl)c1)C(=O)O. The normalized spacial score (nSPS) is 14.2. The van der Waals surface area contributed by atoms with Crippen LogP contribution in [0.15, 0.2) is 23.1 Å². The van der Waals surface area contributed by atoms with Crippen LogP contribution in [-0.2, 0) is 14.8 Å². The van der Waals surface area contributed by atoms with E-state index in [1.54, 1.807) is 13.8 Å². The molecule has 6 nitrogen and oxygen atoms in total. The Balaban J connectivity index is 3.14. The van der Waals surface area contributed by atoms with E-state index in [0.717, 1.165) is 6.07 Å². The van der Waals surface area contributed by atoms with E-state index in [-0.39, 0.29) is 21.4 Å². The van der Waals surface area contributed by atoms with E-state index < -0.39 is 22.0 Å². The molecule has 0 aromatic heterocycles. The van der Waals surface area contributed by atoms with Gasteiger partial charge < -0.3 is 5.11 Å². The van der Waals surface area contributed by atoms with Gasteiger partial charge in [0.25, 0.3) is 0 Å². The maximum Gasteiger partial charge on any atom is 0.322 e. The Kier molecular flexibility index (Phi) is 5.72. The van der Waals surface area contributed by atoms with E-state index in [4.69, 9.17) is 22.0 Å². The summed E-state index contributed by atoms with van der Waals surface area (Å²) in [6.45, 7) is 3.42. The third kappa shape index (κ3) is 4.17. The van der Waals surface area contributed by atoms with Crippen LogP contribution >= 0.6 is 11.6 Å². The van der Waals surface area contributed by atoms with Crippen molar-refractivity contribution in [1.82, 2.24) is 4.72 Å². The number of carboxylic acid groups (broad SMARTS) is 1. The number of nitrogens with zero attached hydrogens (tertiary/aromatic N) is 1. The number of rotatable bonds is 6. The molecule has 0 radical (unpaired) electrons. The average molecular weight is 331 g/mol. The number of sulfonamides is 1. The molecule has 0 saturated heterocycles. The number of nitrogens with one attached hydrogen (secondary N) is 1. The maximum atomic E-state index is 12.2. The van der Waals surface area contributed by atoms with Crippen LogP contribution in [0.2, 0.25) is 5.02 Å². The Morgan fingerprint density at radius 2 is 2.14 bits per heavy atom. The lowest BCUT2D eigenvalue weighted by Crippen LogP contribution is -2.44. The van der Waals surface area contributed by atoms with Gasteiger partial charge in [0.05, 0.1) is 15.5 Å². The highest BCUT2D eigenvalue weighted by Gasteiger charge is 2.29. The summed E-state index contributed by atoms with van der Waals surface area (Å²) in [5, 5.41) is 17.9. The fourth-order valence-electron chi connectivity index (χ4n) is 1.63. The summed E-state index contributed by atoms with van der Waals surface area (Å²) in [7, 11) is -4.03. The van der Waals surface area contributed by atoms with Crippen molar-refractivity contribution in [2.45, 2.75) is 31.2 Å². The van der Waals surface area contributed by atoms with Crippen LogP contribution < -0.4 is 4.72 Å². The van der Waals surface area contributed by atoms with Crippen molar-refractivity contribution in [3.63, 3.8) is 0 Å². The number of aliphatic carboxylic acids is 1. The fraction of sp³-hybridized carbons (Fsp3) is 0.385. The lowest BCUT2D eigenvalue weighted by atomic mass is 10.0. The second-order valence-corrected chi connectivity index (χ2v) is 6.70. The monoisotopic (exact) mass is 330 g/mol. The van der Waals surface area contributed by atoms with E-state index in [0.29, 0.717) is 6.42 Å². The molecule has 2 atom stereocenters. The molecule has 8 heteroatoms. The Morgan fingerprint density at radius 1 is 1.52 bits per heavy atom. The second kappa shape index (κ2) is 6.89. The second-order valence-electron chi connectivity index (χ2n) is 4.58. The molecule has 0 amide bonds. The van der Waals surface area contributed by atoms with Crippen LogP contribution in [0.5, 0.6) is 0 Å². The topological polar surface area (TPSA) is 107 Å². The number of carboxylic acids is 1. The zero-order chi connectivity index (χ0) is 16.2. The van der Waals surface area contributed by atoms with Crippen molar-refractivity contribution in [3.05, 3.63) is 28.8 Å². The van der Waals surface area contributed by atoms with Crippen LogP contribution in [0, 0.1) is 17.2 Å². The first-order valence-corrected chi connectivity index (χ1v) is 8.03. The van der Waals surface area contributed by atoms with Gasteiger partial charge in [0.15, 0.2) is 0 Å². The van der Waals surface area contributed by atoms with Gasteiger partial charge in [0.1, 0.15) is 12.1 Å². The molecule has 0 aliphatic heterocycles. The highest BCUT2D eigenvalue weighted by Crippen LogP contribution is 2.21. The van der Waals surface area contributed by atoms with Crippen LogP contribution in [0.3, 0.4) is 0 Å². The molecule has 0 unspecified atom stereocenters. The standard InChI is InChI=1S/C13H15ClN2O4S/c1-3-8(2)12(13(17)18)16-21(19,20)10-5-4-9(7-15)11(14)6-10/h4-6,8,12,16H,3H2,1-2H3,(H,17,18)/t8-,12-/m0/s1. The van der Waals surface area contributed by atoms with Crippen molar-refractivity contribution < 1.29 is 18.3 Å². The van der Waals surface area contributed by atoms with E-state index in [1.165, 1.54) is 12.1 Å². The lowest BCUT2D eigenvalue weighted by Gasteiger charge is -2.20. The molecule has 21 heavy (non-hydrogen) atoms. The molecule has 114 valence electrons. The largest absolute Gasteiger partial charge is 0.480 e. The molecule has 1 rings (SSSR count). The zero-order valence-electron chi connectivity index (χ0n) is 11.5. The van der Waals surface area contributed by atoms with E-state index >= 15 is 0 Å². The molecule has 0 bridgehead atoms. The van der Waals surface area contributed by atoms with Crippen molar-refractivity contribution in [2.24, 2.45) is 5.92 Å². The Labute approximate surface area is 128 Å². The Bertz CT molecular complexity index is 682. The third-order valence-corrected chi connectivity index (χ3v) is 4.88. The van der Waals surface area contributed by atoms with Gasteiger partial charge in [-0.15, -0.1) is 0 Å². The lowest BCUT2D eigenvalue weighted by molar-refractivity contribution is -0.140. The minimum absolute atomic E-state index is 0.00390. The van der Waals surface area contributed by atoms with Gasteiger partial charge in [-0.2, -0.15) is 9.98 Å². The number of halogens is 1. The molecule has 0 spiro atoms. The number of benzene rings is 1. The summed E-state index contributed by atoms with van der Waals surface area (Å²) in [6.07, 6.45) is 0.508. The average Bonchev–Trinajstić information content (AvgIpc) is 2.43. The Hall–Kier alpha value is -1.62. The number of carbonyl (C=O) groups is 1. The van der Waals surface area contributed by atoms with Crippen LogP contribution in [-0.4, -0.2) is 25.5 Å². The first-order chi connectivity index (χ1) is 9.72. The summed E-state index contributed by atoms with van der Waals surface area (Å²) in [5.74, 6) is -1.61. The van der Waals surface area contributed by atoms with Crippen molar-refractivity contribution in [2.75, 3.05) is 0 Å². The maximum absolute atomic E-state index is 12.2. The van der Waals surface area contributed by atoms with E-state index in [9.17, 15) is 13.2 Å². The summed E-state index contributed by atoms with van der Waals surface area (Å²) in [5.41, 5.74) is 0.146. The van der Waals surface area contributed by atoms with Gasteiger partial charge in [0, 0.05) is 0 Å².